The van der Waals surface area contributed by atoms with Gasteiger partial charge in [0.1, 0.15) is 12.1 Å². The summed E-state index contributed by atoms with van der Waals surface area (Å²) in [5.74, 6) is 0.291. The number of nitrogens with zero attached hydrogens (tertiary/aromatic N) is 2. The normalized spacial score (nSPS) is 14.9. The minimum atomic E-state index is -1.36. The van der Waals surface area contributed by atoms with Crippen molar-refractivity contribution >= 4 is 33.2 Å². The molecule has 1 heterocycles. The number of aromatic nitrogens is 1. The topological polar surface area (TPSA) is 104 Å². The lowest BCUT2D eigenvalue weighted by Gasteiger charge is -2.26. The first kappa shape index (κ1) is 19.2. The molecule has 0 aliphatic heterocycles. The zero-order chi connectivity index (χ0) is 19.4. The van der Waals surface area contributed by atoms with Gasteiger partial charge in [-0.2, -0.15) is 4.31 Å². The van der Waals surface area contributed by atoms with E-state index >= 15 is 0 Å². The van der Waals surface area contributed by atoms with Crippen molar-refractivity contribution in [2.24, 2.45) is 11.5 Å². The Hall–Kier alpha value is -2.61. The summed E-state index contributed by atoms with van der Waals surface area (Å²) in [7, 11) is 0. The van der Waals surface area contributed by atoms with Crippen molar-refractivity contribution in [2.75, 3.05) is 12.8 Å². The summed E-state index contributed by atoms with van der Waals surface area (Å²) in [5, 5.41) is 13.0. The van der Waals surface area contributed by atoms with Crippen LogP contribution in [0.15, 0.2) is 72.7 Å². The molecule has 7 heteroatoms. The molecule has 3 rings (SSSR count). The van der Waals surface area contributed by atoms with Gasteiger partial charge in [-0.05, 0) is 30.5 Å². The third kappa shape index (κ3) is 4.05. The Morgan fingerprint density at radius 1 is 1.19 bits per heavy atom. The summed E-state index contributed by atoms with van der Waals surface area (Å²) in [6, 6.07) is 16.2. The van der Waals surface area contributed by atoms with E-state index in [0.717, 1.165) is 21.8 Å². The minimum Gasteiger partial charge on any atom is -0.593 e. The third-order valence-corrected chi connectivity index (χ3v) is 5.41. The number of hydrogen-bond acceptors (Lipinski definition) is 5. The predicted octanol–water partition coefficient (Wildman–Crippen LogP) is 2.02. The number of benzene rings is 2. The fourth-order valence-corrected chi connectivity index (χ4v) is 4.00. The van der Waals surface area contributed by atoms with Crippen LogP contribution in [0.5, 0.6) is 0 Å². The van der Waals surface area contributed by atoms with Crippen molar-refractivity contribution in [3.8, 4) is 0 Å². The molecule has 2 atom stereocenters. The van der Waals surface area contributed by atoms with Crippen molar-refractivity contribution in [3.05, 3.63) is 72.7 Å². The van der Waals surface area contributed by atoms with Crippen molar-refractivity contribution in [1.82, 2.24) is 8.87 Å². The quantitative estimate of drug-likeness (QED) is 0.427. The molecule has 0 spiro atoms. The van der Waals surface area contributed by atoms with Crippen molar-refractivity contribution in [2.45, 2.75) is 12.6 Å². The first-order chi connectivity index (χ1) is 13.0. The highest BCUT2D eigenvalue weighted by Gasteiger charge is 2.22. The Morgan fingerprint density at radius 3 is 2.26 bits per heavy atom. The average Bonchev–Trinajstić information content (AvgIpc) is 2.98. The second kappa shape index (κ2) is 8.39. The number of para-hydroxylation sites is 2. The molecule has 0 saturated heterocycles. The van der Waals surface area contributed by atoms with E-state index in [-0.39, 0.29) is 6.54 Å². The van der Waals surface area contributed by atoms with Crippen molar-refractivity contribution < 1.29 is 9.66 Å². The highest BCUT2D eigenvalue weighted by Crippen LogP contribution is 2.29. The zero-order valence-electron chi connectivity index (χ0n) is 15.2. The average molecular weight is 385 g/mol. The van der Waals surface area contributed by atoms with Crippen LogP contribution in [0.25, 0.3) is 21.8 Å². The number of rotatable bonds is 7. The van der Waals surface area contributed by atoms with E-state index in [1.165, 1.54) is 16.8 Å². The van der Waals surface area contributed by atoms with Crippen LogP contribution in [0.1, 0.15) is 0 Å². The number of fused-ring (bicyclic) bond motifs is 3. The summed E-state index contributed by atoms with van der Waals surface area (Å²) in [4.78, 5) is 0. The summed E-state index contributed by atoms with van der Waals surface area (Å²) in [6.07, 6.45) is 5.24. The van der Waals surface area contributed by atoms with E-state index in [1.807, 2.05) is 36.4 Å². The first-order valence-corrected chi connectivity index (χ1v) is 10.1. The van der Waals surface area contributed by atoms with Gasteiger partial charge in [-0.1, -0.05) is 36.4 Å². The molecule has 3 aromatic rings. The van der Waals surface area contributed by atoms with Gasteiger partial charge in [0.25, 0.3) is 0 Å². The Labute approximate surface area is 161 Å². The molecular formula is C20H24N4O2S. The van der Waals surface area contributed by atoms with Crippen LogP contribution in [0.2, 0.25) is 0 Å². The number of aliphatic hydroxyl groups is 1. The van der Waals surface area contributed by atoms with Gasteiger partial charge in [0.05, 0.1) is 30.6 Å². The van der Waals surface area contributed by atoms with Crippen LogP contribution in [0.3, 0.4) is 0 Å². The molecule has 0 fully saturated rings. The van der Waals surface area contributed by atoms with E-state index in [2.05, 4.69) is 16.7 Å². The van der Waals surface area contributed by atoms with Crippen molar-refractivity contribution in [1.29, 1.82) is 0 Å². The highest BCUT2D eigenvalue weighted by atomic mass is 32.2. The molecular weight excluding hydrogens is 360 g/mol. The van der Waals surface area contributed by atoms with Crippen molar-refractivity contribution in [3.63, 3.8) is 0 Å². The molecule has 2 unspecified atom stereocenters. The van der Waals surface area contributed by atoms with Crippen LogP contribution < -0.4 is 11.5 Å². The fraction of sp³-hybridized carbons (Fsp3) is 0.200. The van der Waals surface area contributed by atoms with Crippen LogP contribution in [0, 0.1) is 0 Å². The van der Waals surface area contributed by atoms with E-state index in [4.69, 9.17) is 11.5 Å². The third-order valence-electron chi connectivity index (χ3n) is 4.43. The molecule has 27 heavy (non-hydrogen) atoms. The lowest BCUT2D eigenvalue weighted by atomic mass is 10.2. The highest BCUT2D eigenvalue weighted by molar-refractivity contribution is 7.88. The molecule has 0 bridgehead atoms. The summed E-state index contributed by atoms with van der Waals surface area (Å²) < 4.78 is 15.6. The van der Waals surface area contributed by atoms with Gasteiger partial charge in [-0.3, -0.25) is 0 Å². The van der Waals surface area contributed by atoms with Gasteiger partial charge in [-0.25, -0.2) is 0 Å². The standard InChI is InChI=1S/C20H24N4O2S/c1-27(26)24(20(22)11-6-12-21)14-15(25)13-23-18-9-4-2-7-16(18)17-8-3-5-10-19(17)23/h2-12,15,25H,13-14,21-22H2,1H3/b12-6-,20-11+. The monoisotopic (exact) mass is 384 g/mol. The first-order valence-electron chi connectivity index (χ1n) is 8.62. The van der Waals surface area contributed by atoms with Gasteiger partial charge in [0, 0.05) is 21.8 Å². The number of hydrogen-bond donors (Lipinski definition) is 3. The largest absolute Gasteiger partial charge is 0.593 e. The predicted molar refractivity (Wildman–Crippen MR) is 112 cm³/mol. The lowest BCUT2D eigenvalue weighted by molar-refractivity contribution is 0.138. The lowest BCUT2D eigenvalue weighted by Crippen LogP contribution is -2.40. The Bertz CT molecular complexity index is 927. The maximum Gasteiger partial charge on any atom is 0.145 e. The van der Waals surface area contributed by atoms with E-state index in [0.29, 0.717) is 12.4 Å². The fourth-order valence-electron chi connectivity index (χ4n) is 3.26. The van der Waals surface area contributed by atoms with Gasteiger partial charge < -0.3 is 25.7 Å². The van der Waals surface area contributed by atoms with Gasteiger partial charge in [-0.15, -0.1) is 0 Å². The van der Waals surface area contributed by atoms with E-state index < -0.39 is 17.5 Å². The molecule has 5 N–H and O–H groups in total. The second-order valence-corrected chi connectivity index (χ2v) is 7.55. The number of aliphatic hydroxyl groups excluding tert-OH is 1. The smallest absolute Gasteiger partial charge is 0.145 e. The number of allylic oxidation sites excluding steroid dienone is 2. The van der Waals surface area contributed by atoms with Crippen LogP contribution in [-0.4, -0.2) is 37.4 Å². The Balaban J connectivity index is 1.90. The molecule has 0 radical (unpaired) electrons. The Kier molecular flexibility index (Phi) is 5.95. The zero-order valence-corrected chi connectivity index (χ0v) is 16.0. The van der Waals surface area contributed by atoms with Crippen LogP contribution >= 0.6 is 0 Å². The molecule has 142 valence electrons. The minimum absolute atomic E-state index is 0.144. The second-order valence-electron chi connectivity index (χ2n) is 6.26. The molecule has 2 aromatic carbocycles. The SMILES string of the molecule is C[S+]([O-])N(CC(O)Cn1c2ccccc2c2ccccc21)/C(N)=C/C=C\N. The summed E-state index contributed by atoms with van der Waals surface area (Å²) in [6.45, 7) is 0.506. The maximum atomic E-state index is 12.1. The Morgan fingerprint density at radius 2 is 1.74 bits per heavy atom. The van der Waals surface area contributed by atoms with Crippen LogP contribution in [0.4, 0.5) is 0 Å². The van der Waals surface area contributed by atoms with Gasteiger partial charge in [0.2, 0.25) is 0 Å². The van der Waals surface area contributed by atoms with E-state index in [1.54, 1.807) is 12.2 Å². The molecule has 6 nitrogen and oxygen atoms in total. The van der Waals surface area contributed by atoms with Gasteiger partial charge >= 0.3 is 0 Å². The molecule has 0 saturated carbocycles. The maximum absolute atomic E-state index is 12.1. The van der Waals surface area contributed by atoms with E-state index in [9.17, 15) is 9.66 Å². The molecule has 0 amide bonds. The van der Waals surface area contributed by atoms with Gasteiger partial charge in [0.15, 0.2) is 0 Å². The molecule has 0 aliphatic rings. The summed E-state index contributed by atoms with van der Waals surface area (Å²) >= 11 is -1.36. The number of nitrogens with two attached hydrogens (primary N) is 2. The summed E-state index contributed by atoms with van der Waals surface area (Å²) in [5.41, 5.74) is 13.4. The van der Waals surface area contributed by atoms with Crippen LogP contribution in [-0.2, 0) is 17.9 Å². The molecule has 0 aliphatic carbocycles. The molecule has 1 aromatic heterocycles.